The predicted molar refractivity (Wildman–Crippen MR) is 77.5 cm³/mol. The molecule has 0 bridgehead atoms. The average Bonchev–Trinajstić information content (AvgIpc) is 2.29. The first kappa shape index (κ1) is 14.5. The molecule has 98 valence electrons. The van der Waals surface area contributed by atoms with Crippen LogP contribution in [0.2, 0.25) is 0 Å². The van der Waals surface area contributed by atoms with Crippen LogP contribution >= 0.6 is 0 Å². The lowest BCUT2D eigenvalue weighted by atomic mass is 9.74. The van der Waals surface area contributed by atoms with E-state index in [1.807, 2.05) is 7.05 Å². The molecule has 0 amide bonds. The smallest absolute Gasteiger partial charge is 0.0321 e. The van der Waals surface area contributed by atoms with Gasteiger partial charge in [-0.25, -0.2) is 0 Å². The first-order chi connectivity index (χ1) is 7.98. The van der Waals surface area contributed by atoms with E-state index in [1.165, 1.54) is 31.3 Å². The van der Waals surface area contributed by atoms with Gasteiger partial charge in [-0.05, 0) is 46.5 Å². The van der Waals surface area contributed by atoms with E-state index in [1.54, 1.807) is 5.57 Å². The Morgan fingerprint density at radius 2 is 2.24 bits per heavy atom. The minimum Gasteiger partial charge on any atom is -0.659 e. The normalized spacial score (nSPS) is 23.8. The number of hydrogen-bond donors (Lipinski definition) is 0. The third kappa shape index (κ3) is 4.31. The zero-order valence-corrected chi connectivity index (χ0v) is 12.2. The summed E-state index contributed by atoms with van der Waals surface area (Å²) in [6, 6.07) is 0. The van der Waals surface area contributed by atoms with E-state index < -0.39 is 0 Å². The van der Waals surface area contributed by atoms with Gasteiger partial charge in [0, 0.05) is 0 Å². The molecule has 1 aliphatic carbocycles. The Morgan fingerprint density at radius 3 is 2.71 bits per heavy atom. The van der Waals surface area contributed by atoms with Crippen molar-refractivity contribution in [1.82, 2.24) is 0 Å². The number of rotatable bonds is 5. The molecule has 1 heteroatoms. The van der Waals surface area contributed by atoms with Gasteiger partial charge in [-0.3, -0.25) is 0 Å². The van der Waals surface area contributed by atoms with Gasteiger partial charge in [0.1, 0.15) is 0 Å². The van der Waals surface area contributed by atoms with Crippen molar-refractivity contribution in [3.8, 4) is 0 Å². The lowest BCUT2D eigenvalue weighted by molar-refractivity contribution is 0.291. The summed E-state index contributed by atoms with van der Waals surface area (Å²) < 4.78 is 0. The van der Waals surface area contributed by atoms with Crippen LogP contribution in [0, 0.1) is 5.92 Å². The van der Waals surface area contributed by atoms with E-state index in [9.17, 15) is 0 Å². The van der Waals surface area contributed by atoms with Gasteiger partial charge in [0.25, 0.3) is 0 Å². The number of nitrogens with zero attached hydrogens (tertiary/aromatic N) is 1. The van der Waals surface area contributed by atoms with Crippen molar-refractivity contribution < 1.29 is 0 Å². The van der Waals surface area contributed by atoms with Crippen LogP contribution < -0.4 is 0 Å². The molecule has 0 saturated carbocycles. The molecule has 0 fully saturated rings. The van der Waals surface area contributed by atoms with Crippen LogP contribution in [-0.4, -0.2) is 12.6 Å². The quantitative estimate of drug-likeness (QED) is 0.577. The predicted octanol–water partition coefficient (Wildman–Crippen LogP) is 5.24. The average molecular weight is 234 g/mol. The topological polar surface area (TPSA) is 14.1 Å². The fraction of sp³-hybridized carbons (Fsp3) is 0.750. The van der Waals surface area contributed by atoms with Crippen molar-refractivity contribution >= 4 is 0 Å². The van der Waals surface area contributed by atoms with Crippen molar-refractivity contribution in [2.45, 2.75) is 65.3 Å². The molecule has 1 nitrogen and oxygen atoms in total. The first-order valence-electron chi connectivity index (χ1n) is 6.88. The van der Waals surface area contributed by atoms with E-state index in [0.717, 1.165) is 12.3 Å². The van der Waals surface area contributed by atoms with Crippen LogP contribution in [0.25, 0.3) is 5.32 Å². The maximum atomic E-state index is 4.71. The van der Waals surface area contributed by atoms with Gasteiger partial charge in [0.05, 0.1) is 0 Å². The van der Waals surface area contributed by atoms with Gasteiger partial charge < -0.3 is 5.32 Å². The summed E-state index contributed by atoms with van der Waals surface area (Å²) in [6.45, 7) is 8.94. The molecule has 1 rings (SSSR count). The second kappa shape index (κ2) is 6.39. The molecule has 0 radical (unpaired) electrons. The molecule has 0 spiro atoms. The fourth-order valence-electron chi connectivity index (χ4n) is 2.68. The summed E-state index contributed by atoms with van der Waals surface area (Å²) in [5.41, 5.74) is 3.15. The van der Waals surface area contributed by atoms with Crippen LogP contribution in [-0.2, 0) is 0 Å². The molecule has 0 unspecified atom stereocenters. The van der Waals surface area contributed by atoms with Crippen LogP contribution in [0.4, 0.5) is 0 Å². The Balaban J connectivity index is 2.58. The Bertz CT molecular complexity index is 297. The second-order valence-corrected chi connectivity index (χ2v) is 5.92. The summed E-state index contributed by atoms with van der Waals surface area (Å²) in [4.78, 5) is 0. The van der Waals surface area contributed by atoms with Crippen LogP contribution in [0.3, 0.4) is 0 Å². The van der Waals surface area contributed by atoms with Gasteiger partial charge in [-0.1, -0.05) is 42.6 Å². The van der Waals surface area contributed by atoms with E-state index in [0.29, 0.717) is 0 Å². The monoisotopic (exact) mass is 234 g/mol. The molecular formula is C16H28N-. The number of allylic oxidation sites excluding steroid dienone is 4. The zero-order chi connectivity index (χ0) is 12.9. The van der Waals surface area contributed by atoms with Gasteiger partial charge in [-0.15, -0.1) is 5.54 Å². The zero-order valence-electron chi connectivity index (χ0n) is 12.2. The van der Waals surface area contributed by atoms with Crippen molar-refractivity contribution in [3.63, 3.8) is 0 Å². The summed E-state index contributed by atoms with van der Waals surface area (Å²) in [5.74, 6) is 0.738. The van der Waals surface area contributed by atoms with Gasteiger partial charge in [-0.2, -0.15) is 7.05 Å². The maximum Gasteiger partial charge on any atom is -0.0321 e. The highest BCUT2D eigenvalue weighted by Crippen LogP contribution is 2.39. The molecule has 0 heterocycles. The second-order valence-electron chi connectivity index (χ2n) is 5.92. The molecule has 0 aromatic carbocycles. The lowest BCUT2D eigenvalue weighted by Gasteiger charge is -2.49. The Hall–Kier alpha value is -0.560. The largest absolute Gasteiger partial charge is 0.659 e. The Morgan fingerprint density at radius 1 is 1.53 bits per heavy atom. The highest BCUT2D eigenvalue weighted by atomic mass is 14.9. The van der Waals surface area contributed by atoms with E-state index in [4.69, 9.17) is 5.32 Å². The summed E-state index contributed by atoms with van der Waals surface area (Å²) >= 11 is 0. The molecule has 17 heavy (non-hydrogen) atoms. The third-order valence-electron chi connectivity index (χ3n) is 4.23. The molecular weight excluding hydrogens is 206 g/mol. The number of hydrogen-bond acceptors (Lipinski definition) is 0. The Kier molecular flexibility index (Phi) is 5.45. The van der Waals surface area contributed by atoms with E-state index >= 15 is 0 Å². The van der Waals surface area contributed by atoms with Crippen LogP contribution in [0.1, 0.15) is 59.8 Å². The van der Waals surface area contributed by atoms with Crippen molar-refractivity contribution in [2.24, 2.45) is 5.92 Å². The summed E-state index contributed by atoms with van der Waals surface area (Å²) in [7, 11) is 1.99. The minimum atomic E-state index is 0.170. The molecule has 0 aliphatic heterocycles. The molecule has 2 atom stereocenters. The van der Waals surface area contributed by atoms with Crippen LogP contribution in [0.5, 0.6) is 0 Å². The van der Waals surface area contributed by atoms with Crippen molar-refractivity contribution in [3.05, 3.63) is 28.6 Å². The minimum absolute atomic E-state index is 0.170. The first-order valence-corrected chi connectivity index (χ1v) is 6.88. The van der Waals surface area contributed by atoms with Crippen molar-refractivity contribution in [1.29, 1.82) is 0 Å². The van der Waals surface area contributed by atoms with Gasteiger partial charge in [0.15, 0.2) is 0 Å². The molecule has 0 saturated heterocycles. The fourth-order valence-corrected chi connectivity index (χ4v) is 2.68. The van der Waals surface area contributed by atoms with E-state index in [2.05, 4.69) is 39.8 Å². The molecule has 0 N–H and O–H groups in total. The van der Waals surface area contributed by atoms with E-state index in [-0.39, 0.29) is 5.54 Å². The molecule has 0 aromatic heterocycles. The molecule has 0 aromatic rings. The van der Waals surface area contributed by atoms with Crippen LogP contribution in [0.15, 0.2) is 23.3 Å². The van der Waals surface area contributed by atoms with Gasteiger partial charge in [0.2, 0.25) is 0 Å². The third-order valence-corrected chi connectivity index (χ3v) is 4.23. The standard InChI is InChI=1S/C16H28N/c1-13(2)7-6-12-16(4,17-5)15-10-8-14(3)9-11-15/h7-8,15H,6,9-12H2,1-5H3/q-1/t15-,16+/m0/s1. The highest BCUT2D eigenvalue weighted by Gasteiger charge is 2.25. The lowest BCUT2D eigenvalue weighted by Crippen LogP contribution is -2.34. The highest BCUT2D eigenvalue weighted by molar-refractivity contribution is 5.13. The SMILES string of the molecule is C[N-][C@](C)(CCC=C(C)C)[C@H]1CC=C(C)CC1. The summed E-state index contributed by atoms with van der Waals surface area (Å²) in [6.07, 6.45) is 10.9. The summed E-state index contributed by atoms with van der Waals surface area (Å²) in [5, 5.41) is 4.71. The molecule has 1 aliphatic rings. The van der Waals surface area contributed by atoms with Crippen molar-refractivity contribution in [2.75, 3.05) is 7.05 Å². The Labute approximate surface area is 107 Å². The van der Waals surface area contributed by atoms with Gasteiger partial charge >= 0.3 is 0 Å². The maximum absolute atomic E-state index is 4.71.